The quantitative estimate of drug-likeness (QED) is 0.571. The number of rotatable bonds is 7. The Labute approximate surface area is 196 Å². The van der Waals surface area contributed by atoms with Crippen LogP contribution in [0.3, 0.4) is 0 Å². The van der Waals surface area contributed by atoms with Crippen molar-refractivity contribution in [3.05, 3.63) is 58.6 Å². The number of hydrogen-bond donors (Lipinski definition) is 3. The summed E-state index contributed by atoms with van der Waals surface area (Å²) in [7, 11) is 0. The molecule has 2 aromatic rings. The van der Waals surface area contributed by atoms with Gasteiger partial charge in [0.05, 0.1) is 28.8 Å². The Morgan fingerprint density at radius 1 is 1.24 bits per heavy atom. The van der Waals surface area contributed by atoms with Gasteiger partial charge in [0.2, 0.25) is 5.91 Å². The number of aromatic nitrogens is 1. The van der Waals surface area contributed by atoms with Crippen LogP contribution in [0.5, 0.6) is 5.75 Å². The molecule has 176 valence electrons. The Morgan fingerprint density at radius 3 is 2.67 bits per heavy atom. The summed E-state index contributed by atoms with van der Waals surface area (Å²) in [4.78, 5) is 29.8. The van der Waals surface area contributed by atoms with Crippen molar-refractivity contribution in [3.63, 3.8) is 0 Å². The average Bonchev–Trinajstić information content (AvgIpc) is 2.79. The molecule has 7 nitrogen and oxygen atoms in total. The molecule has 33 heavy (non-hydrogen) atoms. The molecule has 1 atom stereocenters. The molecule has 1 aromatic heterocycles. The highest BCUT2D eigenvalue weighted by Gasteiger charge is 2.58. The van der Waals surface area contributed by atoms with Crippen LogP contribution in [-0.2, 0) is 16.1 Å². The standard InChI is InChI=1S/C24H27ClFN3O4/c1-15-4-9-27-16(10-15)13-28-22(32)24-7-5-23(6-8-24,12-20(24)30)29-21(31)14-33-17-2-3-18(25)19(26)11-17/h2-4,9-11,20,30H,5-8,12-14H2,1H3,(H,28,32)(H,29,31)/t20-,23?,24?/m0/s1. The van der Waals surface area contributed by atoms with E-state index in [9.17, 15) is 19.1 Å². The molecule has 0 spiro atoms. The Bertz CT molecular complexity index is 1060. The number of halogens is 2. The predicted molar refractivity (Wildman–Crippen MR) is 120 cm³/mol. The van der Waals surface area contributed by atoms with E-state index in [4.69, 9.17) is 16.3 Å². The molecular weight excluding hydrogens is 449 g/mol. The minimum absolute atomic E-state index is 0.0215. The van der Waals surface area contributed by atoms with Crippen LogP contribution in [0.15, 0.2) is 36.5 Å². The zero-order chi connectivity index (χ0) is 23.6. The zero-order valence-corrected chi connectivity index (χ0v) is 19.1. The van der Waals surface area contributed by atoms with E-state index in [2.05, 4.69) is 15.6 Å². The Balaban J connectivity index is 1.32. The summed E-state index contributed by atoms with van der Waals surface area (Å²) in [5.41, 5.74) is 0.398. The molecular formula is C24H27ClFN3O4. The first-order valence-corrected chi connectivity index (χ1v) is 11.4. The van der Waals surface area contributed by atoms with Crippen LogP contribution >= 0.6 is 11.6 Å². The molecule has 9 heteroatoms. The molecule has 0 unspecified atom stereocenters. The molecule has 0 aliphatic heterocycles. The fourth-order valence-electron chi connectivity index (χ4n) is 4.92. The van der Waals surface area contributed by atoms with Crippen molar-refractivity contribution in [1.29, 1.82) is 0 Å². The molecule has 2 amide bonds. The van der Waals surface area contributed by atoms with E-state index in [-0.39, 0.29) is 29.2 Å². The van der Waals surface area contributed by atoms with Crippen molar-refractivity contribution in [3.8, 4) is 5.75 Å². The zero-order valence-electron chi connectivity index (χ0n) is 18.4. The highest BCUT2D eigenvalue weighted by Crippen LogP contribution is 2.52. The van der Waals surface area contributed by atoms with Gasteiger partial charge in [-0.15, -0.1) is 0 Å². The van der Waals surface area contributed by atoms with E-state index in [1.54, 1.807) is 6.20 Å². The molecule has 3 saturated carbocycles. The van der Waals surface area contributed by atoms with Crippen LogP contribution in [0.1, 0.15) is 43.4 Å². The number of aliphatic hydroxyl groups is 1. The maximum absolute atomic E-state index is 13.5. The summed E-state index contributed by atoms with van der Waals surface area (Å²) >= 11 is 5.65. The lowest BCUT2D eigenvalue weighted by molar-refractivity contribution is -0.156. The highest BCUT2D eigenvalue weighted by atomic mass is 35.5. The SMILES string of the molecule is Cc1ccnc(CNC(=O)C23CCC(NC(=O)COc4ccc(Cl)c(F)c4)(CC2)C[C@@H]3O)c1. The van der Waals surface area contributed by atoms with Gasteiger partial charge in [-0.25, -0.2) is 4.39 Å². The second-order valence-electron chi connectivity index (χ2n) is 9.08. The van der Waals surface area contributed by atoms with E-state index in [1.165, 1.54) is 12.1 Å². The topological polar surface area (TPSA) is 101 Å². The average molecular weight is 476 g/mol. The van der Waals surface area contributed by atoms with Gasteiger partial charge in [-0.3, -0.25) is 14.6 Å². The number of nitrogens with zero attached hydrogens (tertiary/aromatic N) is 1. The second-order valence-corrected chi connectivity index (χ2v) is 9.48. The van der Waals surface area contributed by atoms with Crippen LogP contribution in [0.2, 0.25) is 5.02 Å². The predicted octanol–water partition coefficient (Wildman–Crippen LogP) is 3.06. The normalized spacial score (nSPS) is 26.0. The van der Waals surface area contributed by atoms with Crippen molar-refractivity contribution in [2.24, 2.45) is 5.41 Å². The molecule has 3 aliphatic carbocycles. The smallest absolute Gasteiger partial charge is 0.258 e. The van der Waals surface area contributed by atoms with Gasteiger partial charge in [0, 0.05) is 17.8 Å². The number of aliphatic hydroxyl groups excluding tert-OH is 1. The molecule has 3 aliphatic rings. The fraction of sp³-hybridized carbons (Fsp3) is 0.458. The van der Waals surface area contributed by atoms with Gasteiger partial charge >= 0.3 is 0 Å². The van der Waals surface area contributed by atoms with Crippen molar-refractivity contribution < 1.29 is 23.8 Å². The third kappa shape index (κ3) is 4.96. The van der Waals surface area contributed by atoms with E-state index in [0.29, 0.717) is 38.6 Å². The molecule has 5 rings (SSSR count). The molecule has 1 heterocycles. The summed E-state index contributed by atoms with van der Waals surface area (Å²) in [6.45, 7) is 1.98. The molecule has 2 bridgehead atoms. The van der Waals surface area contributed by atoms with E-state index < -0.39 is 22.9 Å². The van der Waals surface area contributed by atoms with Gasteiger partial charge < -0.3 is 20.5 Å². The van der Waals surface area contributed by atoms with Gasteiger partial charge in [0.15, 0.2) is 6.61 Å². The maximum atomic E-state index is 13.5. The summed E-state index contributed by atoms with van der Waals surface area (Å²) in [6.07, 6.45) is 3.26. The number of benzene rings is 1. The first-order chi connectivity index (χ1) is 15.7. The minimum atomic E-state index is -0.864. The third-order valence-corrected chi connectivity index (χ3v) is 7.15. The number of aryl methyl sites for hydroxylation is 1. The summed E-state index contributed by atoms with van der Waals surface area (Å²) < 4.78 is 18.9. The first-order valence-electron chi connectivity index (χ1n) is 11.0. The number of amides is 2. The summed E-state index contributed by atoms with van der Waals surface area (Å²) in [5, 5.41) is 16.8. The van der Waals surface area contributed by atoms with Gasteiger partial charge in [0.1, 0.15) is 11.6 Å². The lowest BCUT2D eigenvalue weighted by atomic mass is 9.55. The van der Waals surface area contributed by atoms with Gasteiger partial charge in [-0.1, -0.05) is 11.6 Å². The molecule has 1 aromatic carbocycles. The number of pyridine rings is 1. The van der Waals surface area contributed by atoms with Gasteiger partial charge in [-0.05, 0) is 68.9 Å². The van der Waals surface area contributed by atoms with Crippen LogP contribution in [0.4, 0.5) is 4.39 Å². The number of carbonyl (C=O) groups is 2. The third-order valence-electron chi connectivity index (χ3n) is 6.84. The number of ether oxygens (including phenoxy) is 1. The molecule has 3 N–H and O–H groups in total. The largest absolute Gasteiger partial charge is 0.484 e. The fourth-order valence-corrected chi connectivity index (χ4v) is 5.04. The first kappa shape index (κ1) is 23.4. The van der Waals surface area contributed by atoms with Crippen molar-refractivity contribution >= 4 is 23.4 Å². The van der Waals surface area contributed by atoms with Crippen molar-refractivity contribution in [1.82, 2.24) is 15.6 Å². The van der Waals surface area contributed by atoms with Crippen LogP contribution in [-0.4, -0.2) is 40.2 Å². The van der Waals surface area contributed by atoms with Crippen LogP contribution in [0.25, 0.3) is 0 Å². The second kappa shape index (κ2) is 9.27. The van der Waals surface area contributed by atoms with Crippen LogP contribution < -0.4 is 15.4 Å². The Morgan fingerprint density at radius 2 is 2.00 bits per heavy atom. The maximum Gasteiger partial charge on any atom is 0.258 e. The van der Waals surface area contributed by atoms with Crippen molar-refractivity contribution in [2.75, 3.05) is 6.61 Å². The van der Waals surface area contributed by atoms with E-state index in [0.717, 1.165) is 17.3 Å². The lowest BCUT2D eigenvalue weighted by Gasteiger charge is -2.55. The van der Waals surface area contributed by atoms with E-state index in [1.807, 2.05) is 19.1 Å². The number of hydrogen-bond acceptors (Lipinski definition) is 5. The lowest BCUT2D eigenvalue weighted by Crippen LogP contribution is -2.65. The van der Waals surface area contributed by atoms with Crippen LogP contribution in [0, 0.1) is 18.2 Å². The summed E-state index contributed by atoms with van der Waals surface area (Å²) in [5.74, 6) is -0.952. The minimum Gasteiger partial charge on any atom is -0.484 e. The monoisotopic (exact) mass is 475 g/mol. The number of nitrogens with one attached hydrogen (secondary N) is 2. The van der Waals surface area contributed by atoms with E-state index >= 15 is 0 Å². The molecule has 0 radical (unpaired) electrons. The summed E-state index contributed by atoms with van der Waals surface area (Å²) in [6, 6.07) is 7.78. The van der Waals surface area contributed by atoms with Crippen molar-refractivity contribution in [2.45, 2.75) is 57.2 Å². The van der Waals surface area contributed by atoms with Gasteiger partial charge in [0.25, 0.3) is 5.91 Å². The number of carbonyl (C=O) groups excluding carboxylic acids is 2. The highest BCUT2D eigenvalue weighted by molar-refractivity contribution is 6.30. The number of fused-ring (bicyclic) bond motifs is 3. The van der Waals surface area contributed by atoms with Gasteiger partial charge in [-0.2, -0.15) is 0 Å². The Hall–Kier alpha value is -2.71. The Kier molecular flexibility index (Phi) is 6.59. The molecule has 3 fully saturated rings. The molecule has 0 saturated heterocycles.